The second-order valence-electron chi connectivity index (χ2n) is 8.46. The quantitative estimate of drug-likeness (QED) is 0.870. The van der Waals surface area contributed by atoms with E-state index >= 15 is 0 Å². The van der Waals surface area contributed by atoms with Gasteiger partial charge in [0, 0.05) is 31.7 Å². The van der Waals surface area contributed by atoms with Crippen molar-refractivity contribution in [1.82, 2.24) is 15.1 Å². The maximum atomic E-state index is 12.7. The van der Waals surface area contributed by atoms with Crippen LogP contribution in [-0.2, 0) is 0 Å². The van der Waals surface area contributed by atoms with E-state index in [-0.39, 0.29) is 11.6 Å². The molecule has 0 atom stereocenters. The average Bonchev–Trinajstić information content (AvgIpc) is 2.46. The second-order valence-corrected chi connectivity index (χ2v) is 8.46. The molecule has 4 saturated carbocycles. The fourth-order valence-electron chi connectivity index (χ4n) is 6.06. The van der Waals surface area contributed by atoms with Crippen molar-refractivity contribution in [3.63, 3.8) is 0 Å². The zero-order chi connectivity index (χ0) is 15.2. The third kappa shape index (κ3) is 2.75. The molecule has 5 aliphatic rings. The number of rotatable bonds is 3. The van der Waals surface area contributed by atoms with Gasteiger partial charge < -0.3 is 10.2 Å². The van der Waals surface area contributed by atoms with Crippen molar-refractivity contribution < 1.29 is 4.79 Å². The maximum absolute atomic E-state index is 12.7. The Hall–Kier alpha value is -0.770. The van der Waals surface area contributed by atoms with E-state index in [0.29, 0.717) is 0 Å². The normalized spacial score (nSPS) is 41.0. The Morgan fingerprint density at radius 1 is 1.00 bits per heavy atom. The number of urea groups is 1. The molecule has 1 N–H and O–H groups in total. The lowest BCUT2D eigenvalue weighted by molar-refractivity contribution is -0.0164. The zero-order valence-electron chi connectivity index (χ0n) is 14.0. The van der Waals surface area contributed by atoms with Gasteiger partial charge in [-0.15, -0.1) is 0 Å². The first-order chi connectivity index (χ1) is 10.7. The average molecular weight is 305 g/mol. The van der Waals surface area contributed by atoms with E-state index in [9.17, 15) is 4.79 Å². The first-order valence-electron chi connectivity index (χ1n) is 9.45. The van der Waals surface area contributed by atoms with E-state index in [1.807, 2.05) is 0 Å². The molecule has 124 valence electrons. The first-order valence-corrected chi connectivity index (χ1v) is 9.45. The number of carbonyl (C=O) groups is 1. The minimum absolute atomic E-state index is 0.159. The number of hydrogen-bond donors (Lipinski definition) is 1. The molecule has 0 radical (unpaired) electrons. The summed E-state index contributed by atoms with van der Waals surface area (Å²) in [6.45, 7) is 7.29. The molecular formula is C18H31N3O. The van der Waals surface area contributed by atoms with Gasteiger partial charge in [-0.3, -0.25) is 4.90 Å². The van der Waals surface area contributed by atoms with Crippen LogP contribution in [0.15, 0.2) is 0 Å². The summed E-state index contributed by atoms with van der Waals surface area (Å²) >= 11 is 0. The third-order valence-corrected chi connectivity index (χ3v) is 6.61. The fraction of sp³-hybridized carbons (Fsp3) is 0.944. The lowest BCUT2D eigenvalue weighted by atomic mass is 9.53. The number of nitrogens with zero attached hydrogens (tertiary/aromatic N) is 2. The Morgan fingerprint density at radius 3 is 2.05 bits per heavy atom. The van der Waals surface area contributed by atoms with Crippen LogP contribution < -0.4 is 5.32 Å². The van der Waals surface area contributed by atoms with Crippen molar-refractivity contribution in [2.45, 2.75) is 57.4 Å². The van der Waals surface area contributed by atoms with Crippen LogP contribution in [0.1, 0.15) is 51.9 Å². The Morgan fingerprint density at radius 2 is 1.55 bits per heavy atom. The molecule has 4 heteroatoms. The maximum Gasteiger partial charge on any atom is 0.317 e. The number of hydrogen-bond acceptors (Lipinski definition) is 2. The number of nitrogens with one attached hydrogen (secondary N) is 1. The zero-order valence-corrected chi connectivity index (χ0v) is 14.0. The molecule has 5 rings (SSSR count). The highest BCUT2D eigenvalue weighted by atomic mass is 16.2. The van der Waals surface area contributed by atoms with Crippen molar-refractivity contribution in [3.05, 3.63) is 0 Å². The predicted molar refractivity (Wildman–Crippen MR) is 87.7 cm³/mol. The number of carbonyl (C=O) groups excluding carboxylic acids is 1. The summed E-state index contributed by atoms with van der Waals surface area (Å²) in [7, 11) is 0. The van der Waals surface area contributed by atoms with E-state index < -0.39 is 0 Å². The summed E-state index contributed by atoms with van der Waals surface area (Å²) in [5, 5.41) is 3.51. The van der Waals surface area contributed by atoms with Crippen molar-refractivity contribution in [2.24, 2.45) is 17.8 Å². The van der Waals surface area contributed by atoms with Gasteiger partial charge in [0.25, 0.3) is 0 Å². The molecule has 2 amide bonds. The highest BCUT2D eigenvalue weighted by Gasteiger charge is 2.51. The minimum Gasteiger partial charge on any atom is -0.333 e. The van der Waals surface area contributed by atoms with Crippen LogP contribution in [0.4, 0.5) is 4.79 Å². The van der Waals surface area contributed by atoms with E-state index in [0.717, 1.165) is 43.9 Å². The number of piperazine rings is 1. The molecule has 22 heavy (non-hydrogen) atoms. The third-order valence-electron chi connectivity index (χ3n) is 6.61. The summed E-state index contributed by atoms with van der Waals surface area (Å²) < 4.78 is 0. The topological polar surface area (TPSA) is 35.6 Å². The molecule has 4 aliphatic carbocycles. The highest BCUT2D eigenvalue weighted by molar-refractivity contribution is 5.75. The van der Waals surface area contributed by atoms with Gasteiger partial charge in [0.15, 0.2) is 0 Å². The van der Waals surface area contributed by atoms with Gasteiger partial charge in [0.05, 0.1) is 0 Å². The largest absolute Gasteiger partial charge is 0.333 e. The van der Waals surface area contributed by atoms with Gasteiger partial charge in [0.2, 0.25) is 0 Å². The van der Waals surface area contributed by atoms with Crippen LogP contribution in [-0.4, -0.2) is 54.1 Å². The molecule has 5 fully saturated rings. The molecule has 4 bridgehead atoms. The smallest absolute Gasteiger partial charge is 0.317 e. The van der Waals surface area contributed by atoms with Crippen molar-refractivity contribution in [1.29, 1.82) is 0 Å². The molecule has 0 unspecified atom stereocenters. The fourth-order valence-corrected chi connectivity index (χ4v) is 6.06. The molecular weight excluding hydrogens is 274 g/mol. The van der Waals surface area contributed by atoms with E-state index in [1.165, 1.54) is 51.5 Å². The molecule has 1 saturated heterocycles. The van der Waals surface area contributed by atoms with Gasteiger partial charge in [-0.05, 0) is 69.2 Å². The summed E-state index contributed by atoms with van der Waals surface area (Å²) in [4.78, 5) is 17.3. The second kappa shape index (κ2) is 5.70. The Bertz CT molecular complexity index is 393. The van der Waals surface area contributed by atoms with E-state index in [1.54, 1.807) is 0 Å². The standard InChI is InChI=1S/C18H31N3O/c1-2-3-20-4-6-21(7-5-20)17(22)19-18-11-14-8-15(12-18)10-16(9-14)13-18/h14-16H,2-13H2,1H3,(H,19,22). The molecule has 0 spiro atoms. The van der Waals surface area contributed by atoms with Gasteiger partial charge in [-0.25, -0.2) is 4.79 Å². The van der Waals surface area contributed by atoms with Gasteiger partial charge >= 0.3 is 6.03 Å². The highest BCUT2D eigenvalue weighted by Crippen LogP contribution is 2.55. The number of amides is 2. The summed E-state index contributed by atoms with van der Waals surface area (Å²) in [6.07, 6.45) is 9.27. The lowest BCUT2D eigenvalue weighted by Gasteiger charge is -2.57. The summed E-state index contributed by atoms with van der Waals surface area (Å²) in [5.41, 5.74) is 0.159. The van der Waals surface area contributed by atoms with Crippen LogP contribution in [0, 0.1) is 17.8 Å². The van der Waals surface area contributed by atoms with Crippen LogP contribution in [0.3, 0.4) is 0 Å². The Kier molecular flexibility index (Phi) is 3.83. The predicted octanol–water partition coefficient (Wildman–Crippen LogP) is 2.69. The van der Waals surface area contributed by atoms with Crippen LogP contribution in [0.2, 0.25) is 0 Å². The van der Waals surface area contributed by atoms with Crippen LogP contribution in [0.25, 0.3) is 0 Å². The van der Waals surface area contributed by atoms with Crippen molar-refractivity contribution in [3.8, 4) is 0 Å². The molecule has 0 aromatic rings. The van der Waals surface area contributed by atoms with E-state index in [4.69, 9.17) is 0 Å². The molecule has 0 aromatic carbocycles. The monoisotopic (exact) mass is 305 g/mol. The molecule has 0 aromatic heterocycles. The Labute approximate surface area is 134 Å². The van der Waals surface area contributed by atoms with Crippen LogP contribution >= 0.6 is 0 Å². The van der Waals surface area contributed by atoms with E-state index in [2.05, 4.69) is 22.0 Å². The lowest BCUT2D eigenvalue weighted by Crippen LogP contribution is -2.63. The van der Waals surface area contributed by atoms with Gasteiger partial charge in [-0.2, -0.15) is 0 Å². The summed E-state index contributed by atoms with van der Waals surface area (Å²) in [6, 6.07) is 0.220. The van der Waals surface area contributed by atoms with Crippen LogP contribution in [0.5, 0.6) is 0 Å². The SMILES string of the molecule is CCCN1CCN(C(=O)NC23CC4CC(CC(C4)C2)C3)CC1. The summed E-state index contributed by atoms with van der Waals surface area (Å²) in [5.74, 6) is 2.69. The molecule has 1 aliphatic heterocycles. The Balaban J connectivity index is 1.35. The van der Waals surface area contributed by atoms with Crippen molar-refractivity contribution in [2.75, 3.05) is 32.7 Å². The van der Waals surface area contributed by atoms with Crippen molar-refractivity contribution >= 4 is 6.03 Å². The van der Waals surface area contributed by atoms with Gasteiger partial charge in [0.1, 0.15) is 0 Å². The minimum atomic E-state index is 0.159. The first kappa shape index (κ1) is 14.8. The molecule has 4 nitrogen and oxygen atoms in total. The molecule has 1 heterocycles. The van der Waals surface area contributed by atoms with Gasteiger partial charge in [-0.1, -0.05) is 6.92 Å².